The molecular weight excluding hydrogens is 459 g/mol. The maximum atomic E-state index is 13.0. The average molecular weight is 483 g/mol. The molecule has 1 aromatic carbocycles. The second kappa shape index (κ2) is 10.5. The SMILES string of the molecule is O=C(OCCN(Cc1ccc(-c2noc(C(F)(F)F)n2)cc1)C(=O)C1CCOC1)C1CCOC1. The molecule has 2 fully saturated rings. The molecule has 4 rings (SSSR count). The maximum Gasteiger partial charge on any atom is 0.471 e. The monoisotopic (exact) mass is 483 g/mol. The topological polar surface area (TPSA) is 104 Å². The largest absolute Gasteiger partial charge is 0.471 e. The lowest BCUT2D eigenvalue weighted by molar-refractivity contribution is -0.159. The van der Waals surface area contributed by atoms with Crippen molar-refractivity contribution in [3.63, 3.8) is 0 Å². The fourth-order valence-electron chi connectivity index (χ4n) is 3.78. The smallest absolute Gasteiger partial charge is 0.464 e. The molecule has 12 heteroatoms. The number of rotatable bonds is 8. The van der Waals surface area contributed by atoms with Crippen molar-refractivity contribution >= 4 is 11.9 Å². The number of aromatic nitrogens is 2. The summed E-state index contributed by atoms with van der Waals surface area (Å²) in [6.07, 6.45) is -3.48. The molecule has 9 nitrogen and oxygen atoms in total. The van der Waals surface area contributed by atoms with Crippen molar-refractivity contribution in [3.05, 3.63) is 35.7 Å². The van der Waals surface area contributed by atoms with Gasteiger partial charge in [0.1, 0.15) is 6.61 Å². The Hall–Kier alpha value is -2.99. The molecule has 2 aliphatic rings. The number of amides is 1. The summed E-state index contributed by atoms with van der Waals surface area (Å²) in [7, 11) is 0. The summed E-state index contributed by atoms with van der Waals surface area (Å²) in [5.41, 5.74) is 1.09. The van der Waals surface area contributed by atoms with E-state index in [4.69, 9.17) is 14.2 Å². The fraction of sp³-hybridized carbons (Fsp3) is 0.545. The van der Waals surface area contributed by atoms with E-state index in [-0.39, 0.29) is 49.2 Å². The minimum absolute atomic E-state index is 0.0514. The highest BCUT2D eigenvalue weighted by molar-refractivity contribution is 5.79. The Morgan fingerprint density at radius 2 is 1.74 bits per heavy atom. The Morgan fingerprint density at radius 1 is 1.06 bits per heavy atom. The van der Waals surface area contributed by atoms with Gasteiger partial charge in [-0.25, -0.2) is 0 Å². The number of hydrogen-bond acceptors (Lipinski definition) is 8. The first kappa shape index (κ1) is 24.1. The summed E-state index contributed by atoms with van der Waals surface area (Å²) in [5, 5.41) is 3.37. The lowest BCUT2D eigenvalue weighted by Gasteiger charge is -2.25. The van der Waals surface area contributed by atoms with Crippen LogP contribution in [-0.2, 0) is 36.5 Å². The number of benzene rings is 1. The predicted octanol–water partition coefficient (Wildman–Crippen LogP) is 2.70. The molecule has 2 aliphatic heterocycles. The highest BCUT2D eigenvalue weighted by atomic mass is 19.4. The zero-order valence-electron chi connectivity index (χ0n) is 18.3. The molecular formula is C22H24F3N3O6. The minimum Gasteiger partial charge on any atom is -0.464 e. The first-order chi connectivity index (χ1) is 16.3. The van der Waals surface area contributed by atoms with E-state index >= 15 is 0 Å². The number of halogens is 3. The van der Waals surface area contributed by atoms with Crippen LogP contribution in [0.4, 0.5) is 13.2 Å². The van der Waals surface area contributed by atoms with Crippen molar-refractivity contribution in [1.29, 1.82) is 0 Å². The molecule has 0 aliphatic carbocycles. The van der Waals surface area contributed by atoms with Gasteiger partial charge in [0.05, 0.1) is 31.6 Å². The minimum atomic E-state index is -4.72. The number of esters is 1. The van der Waals surface area contributed by atoms with E-state index in [2.05, 4.69) is 14.7 Å². The highest BCUT2D eigenvalue weighted by Gasteiger charge is 2.38. The molecule has 0 radical (unpaired) electrons. The van der Waals surface area contributed by atoms with Gasteiger partial charge in [-0.2, -0.15) is 18.2 Å². The average Bonchev–Trinajstić information content (AvgIpc) is 3.60. The van der Waals surface area contributed by atoms with Gasteiger partial charge in [-0.3, -0.25) is 9.59 Å². The van der Waals surface area contributed by atoms with E-state index in [0.717, 1.165) is 5.56 Å². The van der Waals surface area contributed by atoms with E-state index in [9.17, 15) is 22.8 Å². The second-order valence-corrected chi connectivity index (χ2v) is 8.17. The van der Waals surface area contributed by atoms with Crippen molar-refractivity contribution in [1.82, 2.24) is 15.0 Å². The molecule has 0 spiro atoms. The first-order valence-electron chi connectivity index (χ1n) is 10.9. The zero-order valence-corrected chi connectivity index (χ0v) is 18.3. The molecule has 1 aromatic heterocycles. The summed E-state index contributed by atoms with van der Waals surface area (Å²) >= 11 is 0. The van der Waals surface area contributed by atoms with Crippen LogP contribution in [0.5, 0.6) is 0 Å². The van der Waals surface area contributed by atoms with Crippen molar-refractivity contribution in [2.45, 2.75) is 25.6 Å². The van der Waals surface area contributed by atoms with Crippen LogP contribution in [0.2, 0.25) is 0 Å². The van der Waals surface area contributed by atoms with Crippen LogP contribution >= 0.6 is 0 Å². The number of ether oxygens (including phenoxy) is 3. The molecule has 2 aromatic rings. The molecule has 1 amide bonds. The quantitative estimate of drug-likeness (QED) is 0.528. The summed E-state index contributed by atoms with van der Waals surface area (Å²) in [5.74, 6) is -2.58. The number of carbonyl (C=O) groups is 2. The molecule has 0 N–H and O–H groups in total. The third-order valence-electron chi connectivity index (χ3n) is 5.71. The van der Waals surface area contributed by atoms with Crippen molar-refractivity contribution in [3.8, 4) is 11.4 Å². The van der Waals surface area contributed by atoms with Gasteiger partial charge in [-0.1, -0.05) is 29.4 Å². The molecule has 0 bridgehead atoms. The van der Waals surface area contributed by atoms with Crippen molar-refractivity contribution in [2.75, 3.05) is 39.6 Å². The number of carbonyl (C=O) groups excluding carboxylic acids is 2. The van der Waals surface area contributed by atoms with Gasteiger partial charge in [-0.15, -0.1) is 0 Å². The van der Waals surface area contributed by atoms with Crippen molar-refractivity contribution in [2.24, 2.45) is 11.8 Å². The van der Waals surface area contributed by atoms with Crippen LogP contribution in [0.1, 0.15) is 24.3 Å². The maximum absolute atomic E-state index is 13.0. The summed E-state index contributed by atoms with van der Waals surface area (Å²) in [4.78, 5) is 30.1. The summed E-state index contributed by atoms with van der Waals surface area (Å²) in [6.45, 7) is 2.22. The van der Waals surface area contributed by atoms with Gasteiger partial charge in [0, 0.05) is 25.3 Å². The van der Waals surface area contributed by atoms with Gasteiger partial charge in [0.25, 0.3) is 0 Å². The van der Waals surface area contributed by atoms with E-state index < -0.39 is 12.1 Å². The molecule has 2 atom stereocenters. The van der Waals surface area contributed by atoms with Crippen LogP contribution in [0, 0.1) is 11.8 Å². The normalized spacial score (nSPS) is 20.4. The van der Waals surface area contributed by atoms with Gasteiger partial charge in [-0.05, 0) is 18.4 Å². The van der Waals surface area contributed by atoms with Crippen LogP contribution in [0.25, 0.3) is 11.4 Å². The Morgan fingerprint density at radius 3 is 2.32 bits per heavy atom. The summed E-state index contributed by atoms with van der Waals surface area (Å²) < 4.78 is 58.2. The van der Waals surface area contributed by atoms with Gasteiger partial charge < -0.3 is 23.6 Å². The van der Waals surface area contributed by atoms with Crippen LogP contribution < -0.4 is 0 Å². The number of hydrogen-bond donors (Lipinski definition) is 0. The Labute approximate surface area is 193 Å². The van der Waals surface area contributed by atoms with E-state index in [1.165, 1.54) is 0 Å². The molecule has 2 unspecified atom stereocenters. The van der Waals surface area contributed by atoms with E-state index in [1.807, 2.05) is 0 Å². The van der Waals surface area contributed by atoms with E-state index in [1.54, 1.807) is 29.2 Å². The Bertz CT molecular complexity index is 983. The molecule has 184 valence electrons. The van der Waals surface area contributed by atoms with Crippen LogP contribution in [0.15, 0.2) is 28.8 Å². The second-order valence-electron chi connectivity index (χ2n) is 8.17. The first-order valence-corrected chi connectivity index (χ1v) is 10.9. The molecule has 3 heterocycles. The third-order valence-corrected chi connectivity index (χ3v) is 5.71. The zero-order chi connectivity index (χ0) is 24.1. The van der Waals surface area contributed by atoms with Crippen molar-refractivity contribution < 1.29 is 41.5 Å². The molecule has 2 saturated heterocycles. The molecule has 0 saturated carbocycles. The predicted molar refractivity (Wildman–Crippen MR) is 109 cm³/mol. The Balaban J connectivity index is 1.40. The van der Waals surface area contributed by atoms with Gasteiger partial charge in [0.15, 0.2) is 0 Å². The Kier molecular flexibility index (Phi) is 7.47. The van der Waals surface area contributed by atoms with Crippen LogP contribution in [-0.4, -0.2) is 66.5 Å². The fourth-order valence-corrected chi connectivity index (χ4v) is 3.78. The van der Waals surface area contributed by atoms with Crippen LogP contribution in [0.3, 0.4) is 0 Å². The van der Waals surface area contributed by atoms with E-state index in [0.29, 0.717) is 44.8 Å². The van der Waals surface area contributed by atoms with Gasteiger partial charge >= 0.3 is 18.0 Å². The number of alkyl halides is 3. The van der Waals surface area contributed by atoms with Gasteiger partial charge in [0.2, 0.25) is 11.7 Å². The lowest BCUT2D eigenvalue weighted by Crippen LogP contribution is -2.38. The third kappa shape index (κ3) is 5.92. The summed E-state index contributed by atoms with van der Waals surface area (Å²) in [6, 6.07) is 6.46. The standard InChI is InChI=1S/C22H24F3N3O6/c23-22(24,25)21-26-18(27-34-21)15-3-1-14(2-4-15)11-28(19(29)16-5-8-31-12-16)7-10-33-20(30)17-6-9-32-13-17/h1-4,16-17H,5-13H2. The highest BCUT2D eigenvalue weighted by Crippen LogP contribution is 2.29. The molecule has 34 heavy (non-hydrogen) atoms. The number of nitrogens with zero attached hydrogens (tertiary/aromatic N) is 3. The lowest BCUT2D eigenvalue weighted by atomic mass is 10.1.